The minimum Gasteiger partial charge on any atom is -0.392 e. The molecule has 1 unspecified atom stereocenters. The molecule has 0 spiro atoms. The maximum absolute atomic E-state index is 11.2. The number of hydrogen-bond acceptors (Lipinski definition) is 5. The minimum atomic E-state index is -0.605. The molecule has 0 radical (unpaired) electrons. The lowest BCUT2D eigenvalue weighted by molar-refractivity contribution is -0.384. The molecule has 3 N–H and O–H groups in total. The van der Waals surface area contributed by atoms with Gasteiger partial charge in [0, 0.05) is 18.0 Å². The van der Waals surface area contributed by atoms with Gasteiger partial charge in [-0.1, -0.05) is 30.3 Å². The summed E-state index contributed by atoms with van der Waals surface area (Å²) in [5.74, 6) is 0. The van der Waals surface area contributed by atoms with E-state index in [4.69, 9.17) is 0 Å². The molecule has 1 fully saturated rings. The predicted molar refractivity (Wildman–Crippen MR) is 90.6 cm³/mol. The van der Waals surface area contributed by atoms with Crippen LogP contribution in [0.5, 0.6) is 0 Å². The molecule has 0 aromatic heterocycles. The van der Waals surface area contributed by atoms with E-state index < -0.39 is 11.0 Å². The van der Waals surface area contributed by atoms with Crippen LogP contribution in [-0.4, -0.2) is 21.7 Å². The maximum atomic E-state index is 11.2. The molecule has 0 aliphatic heterocycles. The van der Waals surface area contributed by atoms with Gasteiger partial charge >= 0.3 is 0 Å². The molecule has 0 amide bonds. The summed E-state index contributed by atoms with van der Waals surface area (Å²) in [7, 11) is 0. The number of rotatable bonds is 7. The Labute approximate surface area is 139 Å². The highest BCUT2D eigenvalue weighted by Crippen LogP contribution is 2.55. The summed E-state index contributed by atoms with van der Waals surface area (Å²) in [6.07, 6.45) is 1.12. The Balaban J connectivity index is 1.77. The van der Waals surface area contributed by atoms with Crippen LogP contribution in [0.2, 0.25) is 0 Å². The Morgan fingerprint density at radius 1 is 1.21 bits per heavy atom. The molecule has 6 nitrogen and oxygen atoms in total. The van der Waals surface area contributed by atoms with Gasteiger partial charge < -0.3 is 15.5 Å². The molecule has 6 heteroatoms. The lowest BCUT2D eigenvalue weighted by atomic mass is 9.92. The normalized spacial score (nSPS) is 16.4. The van der Waals surface area contributed by atoms with Crippen LogP contribution in [0, 0.1) is 15.5 Å². The van der Waals surface area contributed by atoms with Gasteiger partial charge in [0.25, 0.3) is 5.69 Å². The standard InChI is InChI=1S/C18H20N2O4/c21-11-13-6-7-16(20(23)24)15(10-13)19-12-18(8-9-18)17(22)14-4-2-1-3-5-14/h1-7,10,17,19,21-22H,8-9,11-12H2. The number of nitro groups is 1. The number of nitrogens with one attached hydrogen (secondary N) is 1. The topological polar surface area (TPSA) is 95.6 Å². The van der Waals surface area contributed by atoms with Crippen LogP contribution in [-0.2, 0) is 6.61 Å². The second-order valence-electron chi connectivity index (χ2n) is 6.30. The number of hydrogen-bond donors (Lipinski definition) is 3. The number of aliphatic hydroxyl groups is 2. The highest BCUT2D eigenvalue weighted by Gasteiger charge is 2.49. The summed E-state index contributed by atoms with van der Waals surface area (Å²) in [6.45, 7) is 0.267. The van der Waals surface area contributed by atoms with Gasteiger partial charge in [0.2, 0.25) is 0 Å². The number of nitro benzene ring substituents is 1. The van der Waals surface area contributed by atoms with Crippen molar-refractivity contribution in [2.24, 2.45) is 5.41 Å². The van der Waals surface area contributed by atoms with Crippen molar-refractivity contribution in [1.82, 2.24) is 0 Å². The molecular formula is C18H20N2O4. The second-order valence-corrected chi connectivity index (χ2v) is 6.30. The molecule has 0 heterocycles. The monoisotopic (exact) mass is 328 g/mol. The quantitative estimate of drug-likeness (QED) is 0.536. The average molecular weight is 328 g/mol. The van der Waals surface area contributed by atoms with Crippen molar-refractivity contribution in [3.8, 4) is 0 Å². The van der Waals surface area contributed by atoms with Gasteiger partial charge in [-0.3, -0.25) is 10.1 Å². The first kappa shape index (κ1) is 16.4. The summed E-state index contributed by atoms with van der Waals surface area (Å²) in [5, 5.41) is 34.2. The van der Waals surface area contributed by atoms with Gasteiger partial charge in [0.1, 0.15) is 5.69 Å². The van der Waals surface area contributed by atoms with E-state index >= 15 is 0 Å². The van der Waals surface area contributed by atoms with Crippen molar-refractivity contribution in [2.45, 2.75) is 25.6 Å². The highest BCUT2D eigenvalue weighted by atomic mass is 16.6. The molecule has 3 rings (SSSR count). The fourth-order valence-corrected chi connectivity index (χ4v) is 2.95. The Hall–Kier alpha value is -2.44. The van der Waals surface area contributed by atoms with Crippen LogP contribution >= 0.6 is 0 Å². The number of aliphatic hydroxyl groups excluding tert-OH is 2. The number of nitrogens with zero attached hydrogens (tertiary/aromatic N) is 1. The summed E-state index contributed by atoms with van der Waals surface area (Å²) in [6, 6.07) is 14.0. The molecule has 0 bridgehead atoms. The Kier molecular flexibility index (Phi) is 4.51. The summed E-state index contributed by atoms with van der Waals surface area (Å²) < 4.78 is 0. The van der Waals surface area contributed by atoms with Crippen molar-refractivity contribution in [3.05, 3.63) is 69.8 Å². The van der Waals surface area contributed by atoms with Gasteiger partial charge in [0.15, 0.2) is 0 Å². The zero-order valence-electron chi connectivity index (χ0n) is 13.2. The van der Waals surface area contributed by atoms with Crippen molar-refractivity contribution in [1.29, 1.82) is 0 Å². The first-order valence-corrected chi connectivity index (χ1v) is 7.91. The molecule has 126 valence electrons. The van der Waals surface area contributed by atoms with Crippen LogP contribution in [0.1, 0.15) is 30.1 Å². The Morgan fingerprint density at radius 3 is 2.50 bits per heavy atom. The first-order chi connectivity index (χ1) is 11.6. The second kappa shape index (κ2) is 6.59. The largest absolute Gasteiger partial charge is 0.392 e. The Bertz CT molecular complexity index is 729. The van der Waals surface area contributed by atoms with E-state index in [9.17, 15) is 20.3 Å². The molecule has 24 heavy (non-hydrogen) atoms. The molecular weight excluding hydrogens is 308 g/mol. The molecule has 2 aromatic rings. The smallest absolute Gasteiger partial charge is 0.292 e. The zero-order valence-corrected chi connectivity index (χ0v) is 13.2. The van der Waals surface area contributed by atoms with Crippen molar-refractivity contribution in [2.75, 3.05) is 11.9 Å². The van der Waals surface area contributed by atoms with Gasteiger partial charge in [-0.05, 0) is 36.1 Å². The van der Waals surface area contributed by atoms with E-state index in [0.29, 0.717) is 17.8 Å². The highest BCUT2D eigenvalue weighted by molar-refractivity contribution is 5.63. The van der Waals surface area contributed by atoms with E-state index in [1.54, 1.807) is 6.07 Å². The van der Waals surface area contributed by atoms with Crippen LogP contribution in [0.4, 0.5) is 11.4 Å². The maximum Gasteiger partial charge on any atom is 0.292 e. The third-order valence-electron chi connectivity index (χ3n) is 4.66. The van der Waals surface area contributed by atoms with Crippen molar-refractivity contribution in [3.63, 3.8) is 0 Å². The van der Waals surface area contributed by atoms with E-state index in [1.807, 2.05) is 30.3 Å². The van der Waals surface area contributed by atoms with Crippen LogP contribution in [0.3, 0.4) is 0 Å². The molecule has 1 aliphatic carbocycles. The van der Waals surface area contributed by atoms with Crippen molar-refractivity contribution >= 4 is 11.4 Å². The minimum absolute atomic E-state index is 0.0304. The first-order valence-electron chi connectivity index (χ1n) is 7.91. The van der Waals surface area contributed by atoms with Crippen molar-refractivity contribution < 1.29 is 15.1 Å². The van der Waals surface area contributed by atoms with Gasteiger partial charge in [-0.25, -0.2) is 0 Å². The molecule has 0 saturated heterocycles. The van der Waals surface area contributed by atoms with Gasteiger partial charge in [-0.15, -0.1) is 0 Å². The molecule has 1 saturated carbocycles. The van der Waals surface area contributed by atoms with E-state index in [1.165, 1.54) is 12.1 Å². The SMILES string of the molecule is O=[N+]([O-])c1ccc(CO)cc1NCC1(C(O)c2ccccc2)CC1. The van der Waals surface area contributed by atoms with Crippen LogP contribution < -0.4 is 5.32 Å². The fraction of sp³-hybridized carbons (Fsp3) is 0.333. The Morgan fingerprint density at radius 2 is 1.92 bits per heavy atom. The van der Waals surface area contributed by atoms with Gasteiger partial charge in [-0.2, -0.15) is 0 Å². The summed E-state index contributed by atoms with van der Waals surface area (Å²) >= 11 is 0. The van der Waals surface area contributed by atoms with E-state index in [0.717, 1.165) is 18.4 Å². The lowest BCUT2D eigenvalue weighted by Crippen LogP contribution is -2.23. The summed E-state index contributed by atoms with van der Waals surface area (Å²) in [5.41, 5.74) is 1.51. The lowest BCUT2D eigenvalue weighted by Gasteiger charge is -2.23. The molecule has 1 aliphatic rings. The molecule has 2 aromatic carbocycles. The van der Waals surface area contributed by atoms with E-state index in [2.05, 4.69) is 5.32 Å². The third-order valence-corrected chi connectivity index (χ3v) is 4.66. The third kappa shape index (κ3) is 3.25. The average Bonchev–Trinajstić information content (AvgIpc) is 3.40. The number of anilines is 1. The van der Waals surface area contributed by atoms with Gasteiger partial charge in [0.05, 0.1) is 17.6 Å². The number of benzene rings is 2. The molecule has 1 atom stereocenters. The van der Waals surface area contributed by atoms with E-state index in [-0.39, 0.29) is 17.7 Å². The predicted octanol–water partition coefficient (Wildman–Crippen LogP) is 3.01. The summed E-state index contributed by atoms with van der Waals surface area (Å²) in [4.78, 5) is 10.7. The van der Waals surface area contributed by atoms with Crippen LogP contribution in [0.25, 0.3) is 0 Å². The van der Waals surface area contributed by atoms with Crippen LogP contribution in [0.15, 0.2) is 48.5 Å². The zero-order chi connectivity index (χ0) is 17.2. The fourth-order valence-electron chi connectivity index (χ4n) is 2.95.